The second kappa shape index (κ2) is 13.3. The molecule has 1 unspecified atom stereocenters. The molecule has 24 heavy (non-hydrogen) atoms. The Labute approximate surface area is 152 Å². The van der Waals surface area contributed by atoms with Gasteiger partial charge in [0.2, 0.25) is 5.91 Å². The van der Waals surface area contributed by atoms with E-state index < -0.39 is 0 Å². The summed E-state index contributed by atoms with van der Waals surface area (Å²) < 4.78 is 0. The molecule has 0 aliphatic heterocycles. The number of nitrogens with two attached hydrogens (primary N) is 1. The third-order valence-corrected chi connectivity index (χ3v) is 4.21. The van der Waals surface area contributed by atoms with E-state index in [0.29, 0.717) is 37.9 Å². The van der Waals surface area contributed by atoms with Gasteiger partial charge in [-0.2, -0.15) is 0 Å². The number of carbonyl (C=O) groups is 2. The van der Waals surface area contributed by atoms with Crippen molar-refractivity contribution in [2.24, 2.45) is 11.7 Å². The molecular formula is C17H35ClN4O2. The Morgan fingerprint density at radius 2 is 1.83 bits per heavy atom. The second-order valence-electron chi connectivity index (χ2n) is 6.97. The number of urea groups is 1. The maximum absolute atomic E-state index is 11.9. The van der Waals surface area contributed by atoms with Crippen LogP contribution in [0.1, 0.15) is 65.2 Å². The largest absolute Gasteiger partial charge is 0.352 e. The van der Waals surface area contributed by atoms with Gasteiger partial charge in [0.05, 0.1) is 0 Å². The first-order valence-electron chi connectivity index (χ1n) is 9.05. The fourth-order valence-electron chi connectivity index (χ4n) is 3.02. The van der Waals surface area contributed by atoms with Crippen LogP contribution in [-0.4, -0.2) is 37.1 Å². The SMILES string of the molecule is CC(C)CC(CN)NC(=O)CCCNC(=O)NC1CCCCC1.Cl. The average molecular weight is 363 g/mol. The summed E-state index contributed by atoms with van der Waals surface area (Å²) in [6, 6.07) is 0.246. The van der Waals surface area contributed by atoms with Crippen LogP contribution in [0.2, 0.25) is 0 Å². The summed E-state index contributed by atoms with van der Waals surface area (Å²) in [6.07, 6.45) is 7.77. The van der Waals surface area contributed by atoms with E-state index >= 15 is 0 Å². The van der Waals surface area contributed by atoms with E-state index in [1.54, 1.807) is 0 Å². The summed E-state index contributed by atoms with van der Waals surface area (Å²) in [5.41, 5.74) is 5.67. The fourth-order valence-corrected chi connectivity index (χ4v) is 3.02. The van der Waals surface area contributed by atoms with Gasteiger partial charge >= 0.3 is 6.03 Å². The van der Waals surface area contributed by atoms with Gasteiger partial charge < -0.3 is 21.7 Å². The van der Waals surface area contributed by atoms with Crippen molar-refractivity contribution < 1.29 is 9.59 Å². The second-order valence-corrected chi connectivity index (χ2v) is 6.97. The molecule has 3 amide bonds. The molecule has 142 valence electrons. The van der Waals surface area contributed by atoms with Gasteiger partial charge in [-0.3, -0.25) is 4.79 Å². The molecule has 1 fully saturated rings. The molecule has 0 aromatic heterocycles. The Hall–Kier alpha value is -1.01. The Balaban J connectivity index is 0.00000529. The first-order chi connectivity index (χ1) is 11.0. The highest BCUT2D eigenvalue weighted by atomic mass is 35.5. The Morgan fingerprint density at radius 1 is 1.17 bits per heavy atom. The smallest absolute Gasteiger partial charge is 0.315 e. The van der Waals surface area contributed by atoms with E-state index in [1.807, 2.05) is 0 Å². The van der Waals surface area contributed by atoms with E-state index in [-0.39, 0.29) is 30.4 Å². The van der Waals surface area contributed by atoms with Gasteiger partial charge in [0, 0.05) is 31.6 Å². The topological polar surface area (TPSA) is 96.2 Å². The van der Waals surface area contributed by atoms with E-state index in [2.05, 4.69) is 29.8 Å². The summed E-state index contributed by atoms with van der Waals surface area (Å²) in [7, 11) is 0. The first-order valence-corrected chi connectivity index (χ1v) is 9.05. The molecular weight excluding hydrogens is 328 g/mol. The van der Waals surface area contributed by atoms with Crippen LogP contribution in [0.15, 0.2) is 0 Å². The molecule has 0 aromatic carbocycles. The molecule has 1 atom stereocenters. The zero-order valence-corrected chi connectivity index (χ0v) is 15.9. The van der Waals surface area contributed by atoms with E-state index in [4.69, 9.17) is 5.73 Å². The summed E-state index contributed by atoms with van der Waals surface area (Å²) in [5.74, 6) is 0.518. The zero-order valence-electron chi connectivity index (χ0n) is 15.1. The number of carbonyl (C=O) groups excluding carboxylic acids is 2. The number of hydrogen-bond donors (Lipinski definition) is 4. The third-order valence-electron chi connectivity index (χ3n) is 4.21. The lowest BCUT2D eigenvalue weighted by Crippen LogP contribution is -2.43. The van der Waals surface area contributed by atoms with Crippen LogP contribution in [0, 0.1) is 5.92 Å². The molecule has 7 heteroatoms. The van der Waals surface area contributed by atoms with Crippen molar-refractivity contribution in [2.45, 2.75) is 77.3 Å². The lowest BCUT2D eigenvalue weighted by Gasteiger charge is -2.22. The minimum atomic E-state index is -0.114. The minimum Gasteiger partial charge on any atom is -0.352 e. The quantitative estimate of drug-likeness (QED) is 0.474. The molecule has 1 saturated carbocycles. The van der Waals surface area contributed by atoms with Crippen molar-refractivity contribution >= 4 is 24.3 Å². The number of rotatable bonds is 9. The van der Waals surface area contributed by atoms with Gasteiger partial charge in [-0.05, 0) is 31.6 Å². The molecule has 0 spiro atoms. The number of halogens is 1. The molecule has 0 heterocycles. The van der Waals surface area contributed by atoms with Crippen LogP contribution in [0.3, 0.4) is 0 Å². The minimum absolute atomic E-state index is 0. The standard InChI is InChI=1S/C17H34N4O2.ClH/c1-13(2)11-15(12-18)20-16(22)9-6-10-19-17(23)21-14-7-4-3-5-8-14;/h13-15H,3-12,18H2,1-2H3,(H,20,22)(H2,19,21,23);1H. The van der Waals surface area contributed by atoms with E-state index in [9.17, 15) is 9.59 Å². The predicted octanol–water partition coefficient (Wildman–Crippen LogP) is 2.31. The summed E-state index contributed by atoms with van der Waals surface area (Å²) >= 11 is 0. The molecule has 0 saturated heterocycles. The Morgan fingerprint density at radius 3 is 2.42 bits per heavy atom. The maximum Gasteiger partial charge on any atom is 0.315 e. The number of hydrogen-bond acceptors (Lipinski definition) is 3. The van der Waals surface area contributed by atoms with Crippen molar-refractivity contribution in [1.82, 2.24) is 16.0 Å². The van der Waals surface area contributed by atoms with Crippen molar-refractivity contribution in [3.05, 3.63) is 0 Å². The van der Waals surface area contributed by atoms with Crippen molar-refractivity contribution in [3.63, 3.8) is 0 Å². The van der Waals surface area contributed by atoms with Gasteiger partial charge in [-0.15, -0.1) is 12.4 Å². The van der Waals surface area contributed by atoms with Crippen molar-refractivity contribution in [2.75, 3.05) is 13.1 Å². The summed E-state index contributed by atoms with van der Waals surface area (Å²) in [4.78, 5) is 23.6. The van der Waals surface area contributed by atoms with E-state index in [0.717, 1.165) is 19.3 Å². The van der Waals surface area contributed by atoms with Crippen molar-refractivity contribution in [1.29, 1.82) is 0 Å². The maximum atomic E-state index is 11.9. The van der Waals surface area contributed by atoms with Crippen LogP contribution in [0.25, 0.3) is 0 Å². The molecule has 0 aromatic rings. The normalized spacial score (nSPS) is 16.2. The zero-order chi connectivity index (χ0) is 17.1. The van der Waals surface area contributed by atoms with Crippen LogP contribution in [0.4, 0.5) is 4.79 Å². The van der Waals surface area contributed by atoms with Crippen LogP contribution in [0.5, 0.6) is 0 Å². The van der Waals surface area contributed by atoms with Gasteiger partial charge in [-0.25, -0.2) is 4.79 Å². The van der Waals surface area contributed by atoms with Gasteiger partial charge in [-0.1, -0.05) is 33.1 Å². The molecule has 1 rings (SSSR count). The fraction of sp³-hybridized carbons (Fsp3) is 0.882. The summed E-state index contributed by atoms with van der Waals surface area (Å²) in [5, 5.41) is 8.79. The van der Waals surface area contributed by atoms with E-state index in [1.165, 1.54) is 19.3 Å². The molecule has 1 aliphatic carbocycles. The highest BCUT2D eigenvalue weighted by Crippen LogP contribution is 2.17. The Bertz CT molecular complexity index is 360. The molecule has 0 radical (unpaired) electrons. The van der Waals surface area contributed by atoms with Gasteiger partial charge in [0.1, 0.15) is 0 Å². The highest BCUT2D eigenvalue weighted by Gasteiger charge is 2.15. The monoisotopic (exact) mass is 362 g/mol. The highest BCUT2D eigenvalue weighted by molar-refractivity contribution is 5.85. The molecule has 0 bridgehead atoms. The van der Waals surface area contributed by atoms with Crippen LogP contribution in [-0.2, 0) is 4.79 Å². The third kappa shape index (κ3) is 10.7. The lowest BCUT2D eigenvalue weighted by molar-refractivity contribution is -0.121. The predicted molar refractivity (Wildman–Crippen MR) is 100 cm³/mol. The number of nitrogens with one attached hydrogen (secondary N) is 3. The molecule has 6 nitrogen and oxygen atoms in total. The van der Waals surface area contributed by atoms with Gasteiger partial charge in [0.25, 0.3) is 0 Å². The number of amides is 3. The van der Waals surface area contributed by atoms with Gasteiger partial charge in [0.15, 0.2) is 0 Å². The van der Waals surface area contributed by atoms with Crippen LogP contribution >= 0.6 is 12.4 Å². The van der Waals surface area contributed by atoms with Crippen molar-refractivity contribution in [3.8, 4) is 0 Å². The lowest BCUT2D eigenvalue weighted by atomic mass is 9.96. The molecule has 5 N–H and O–H groups in total. The molecule has 1 aliphatic rings. The Kier molecular flexibility index (Phi) is 12.7. The van der Waals surface area contributed by atoms with Crippen LogP contribution < -0.4 is 21.7 Å². The first kappa shape index (κ1) is 23.0. The summed E-state index contributed by atoms with van der Waals surface area (Å²) in [6.45, 7) is 5.21. The average Bonchev–Trinajstić information content (AvgIpc) is 2.51.